The van der Waals surface area contributed by atoms with Crippen LogP contribution in [0.5, 0.6) is 0 Å². The summed E-state index contributed by atoms with van der Waals surface area (Å²) in [4.78, 5) is 0.260. The molecule has 0 aliphatic heterocycles. The van der Waals surface area contributed by atoms with Crippen LogP contribution in [0.1, 0.15) is 45.6 Å². The summed E-state index contributed by atoms with van der Waals surface area (Å²) in [5.41, 5.74) is 6.45. The Hall–Kier alpha value is -0.430. The molecular weight excluding hydrogens is 352 g/mol. The molecule has 3 N–H and O–H groups in total. The molecule has 0 spiro atoms. The van der Waals surface area contributed by atoms with E-state index in [9.17, 15) is 8.42 Å². The monoisotopic (exact) mass is 376 g/mol. The first-order valence-corrected chi connectivity index (χ1v) is 9.54. The van der Waals surface area contributed by atoms with Crippen LogP contribution >= 0.6 is 15.9 Å². The fourth-order valence-corrected chi connectivity index (χ4v) is 4.51. The number of halogens is 1. The number of nitrogens with two attached hydrogens (primary N) is 1. The first-order valence-electron chi connectivity index (χ1n) is 7.27. The molecule has 0 aromatic heterocycles. The summed E-state index contributed by atoms with van der Waals surface area (Å²) in [6.45, 7) is 6.63. The van der Waals surface area contributed by atoms with Crippen LogP contribution in [0, 0.1) is 5.92 Å². The summed E-state index contributed by atoms with van der Waals surface area (Å²) >= 11 is 3.31. The maximum absolute atomic E-state index is 12.4. The predicted molar refractivity (Wildman–Crippen MR) is 90.5 cm³/mol. The molecule has 1 unspecified atom stereocenters. The standard InChI is InChI=1S/C15H25BrN2O2S/c1-11(2)5-4-6-12(3)18-21(19,20)15-8-7-13(10-17)9-14(15)16/h7-9,11-12,18H,4-6,10,17H2,1-3H3. The van der Waals surface area contributed by atoms with Gasteiger partial charge in [-0.1, -0.05) is 32.8 Å². The van der Waals surface area contributed by atoms with Crippen LogP contribution in [-0.2, 0) is 16.6 Å². The summed E-state index contributed by atoms with van der Waals surface area (Å²) in [6, 6.07) is 5.01. The molecule has 1 aromatic carbocycles. The average molecular weight is 377 g/mol. The van der Waals surface area contributed by atoms with Crippen molar-refractivity contribution in [3.63, 3.8) is 0 Å². The summed E-state index contributed by atoms with van der Waals surface area (Å²) in [5.74, 6) is 0.645. The van der Waals surface area contributed by atoms with Crippen LogP contribution in [0.4, 0.5) is 0 Å². The molecule has 1 atom stereocenters. The third-order valence-electron chi connectivity index (χ3n) is 3.30. The Morgan fingerprint density at radius 2 is 1.90 bits per heavy atom. The SMILES string of the molecule is CC(C)CCCC(C)NS(=O)(=O)c1ccc(CN)cc1Br. The second-order valence-electron chi connectivity index (χ2n) is 5.82. The van der Waals surface area contributed by atoms with E-state index >= 15 is 0 Å². The maximum Gasteiger partial charge on any atom is 0.241 e. The van der Waals surface area contributed by atoms with E-state index in [1.54, 1.807) is 18.2 Å². The Bertz CT molecular complexity index is 559. The Morgan fingerprint density at radius 1 is 1.24 bits per heavy atom. The highest BCUT2D eigenvalue weighted by Gasteiger charge is 2.20. The van der Waals surface area contributed by atoms with E-state index < -0.39 is 10.0 Å². The van der Waals surface area contributed by atoms with Gasteiger partial charge in [0.1, 0.15) is 0 Å². The zero-order chi connectivity index (χ0) is 16.0. The highest BCUT2D eigenvalue weighted by Crippen LogP contribution is 2.23. The highest BCUT2D eigenvalue weighted by molar-refractivity contribution is 9.10. The Balaban J connectivity index is 2.73. The van der Waals surface area contributed by atoms with Crippen LogP contribution in [0.3, 0.4) is 0 Å². The molecule has 0 saturated heterocycles. The minimum absolute atomic E-state index is 0.0742. The molecule has 120 valence electrons. The van der Waals surface area contributed by atoms with Gasteiger partial charge in [0.2, 0.25) is 10.0 Å². The Labute approximate surface area is 136 Å². The maximum atomic E-state index is 12.4. The molecule has 0 heterocycles. The largest absolute Gasteiger partial charge is 0.326 e. The van der Waals surface area contributed by atoms with E-state index in [0.717, 1.165) is 24.8 Å². The van der Waals surface area contributed by atoms with E-state index in [1.165, 1.54) is 0 Å². The first-order chi connectivity index (χ1) is 9.76. The van der Waals surface area contributed by atoms with Gasteiger partial charge in [-0.2, -0.15) is 0 Å². The van der Waals surface area contributed by atoms with Crippen molar-refractivity contribution < 1.29 is 8.42 Å². The first kappa shape index (κ1) is 18.6. The zero-order valence-electron chi connectivity index (χ0n) is 12.9. The van der Waals surface area contributed by atoms with Crippen molar-refractivity contribution >= 4 is 26.0 Å². The minimum Gasteiger partial charge on any atom is -0.326 e. The third kappa shape index (κ3) is 6.06. The molecule has 0 saturated carbocycles. The van der Waals surface area contributed by atoms with Crippen molar-refractivity contribution in [2.75, 3.05) is 0 Å². The number of sulfonamides is 1. The lowest BCUT2D eigenvalue weighted by Gasteiger charge is -2.16. The normalized spacial score (nSPS) is 13.6. The second-order valence-corrected chi connectivity index (χ2v) is 8.35. The van der Waals surface area contributed by atoms with Gasteiger partial charge in [-0.3, -0.25) is 0 Å². The van der Waals surface area contributed by atoms with Crippen molar-refractivity contribution in [2.45, 2.75) is 57.5 Å². The average Bonchev–Trinajstić information content (AvgIpc) is 2.36. The van der Waals surface area contributed by atoms with Crippen molar-refractivity contribution in [3.8, 4) is 0 Å². The second kappa shape index (κ2) is 8.27. The number of benzene rings is 1. The number of nitrogens with one attached hydrogen (secondary N) is 1. The molecule has 21 heavy (non-hydrogen) atoms. The van der Waals surface area contributed by atoms with Gasteiger partial charge in [0.15, 0.2) is 0 Å². The molecule has 0 aliphatic carbocycles. The number of hydrogen-bond donors (Lipinski definition) is 2. The van der Waals surface area contributed by atoms with Crippen LogP contribution in [-0.4, -0.2) is 14.5 Å². The van der Waals surface area contributed by atoms with E-state index in [1.807, 2.05) is 6.92 Å². The van der Waals surface area contributed by atoms with Gasteiger partial charge in [0.25, 0.3) is 0 Å². The van der Waals surface area contributed by atoms with Gasteiger partial charge in [-0.15, -0.1) is 0 Å². The molecule has 0 bridgehead atoms. The lowest BCUT2D eigenvalue weighted by Crippen LogP contribution is -2.32. The van der Waals surface area contributed by atoms with E-state index in [-0.39, 0.29) is 10.9 Å². The summed E-state index contributed by atoms with van der Waals surface area (Å²) < 4.78 is 28.1. The minimum atomic E-state index is -3.50. The van der Waals surface area contributed by atoms with E-state index in [2.05, 4.69) is 34.5 Å². The van der Waals surface area contributed by atoms with Crippen molar-refractivity contribution in [1.82, 2.24) is 4.72 Å². The zero-order valence-corrected chi connectivity index (χ0v) is 15.3. The summed E-state index contributed by atoms with van der Waals surface area (Å²) in [5, 5.41) is 0. The summed E-state index contributed by atoms with van der Waals surface area (Å²) in [7, 11) is -3.50. The molecule has 6 heteroatoms. The van der Waals surface area contributed by atoms with Crippen LogP contribution in [0.15, 0.2) is 27.6 Å². The molecule has 0 aliphatic rings. The van der Waals surface area contributed by atoms with Gasteiger partial charge in [-0.05, 0) is 52.9 Å². The van der Waals surface area contributed by atoms with Crippen molar-refractivity contribution in [3.05, 3.63) is 28.2 Å². The van der Waals surface area contributed by atoms with Crippen molar-refractivity contribution in [2.24, 2.45) is 11.7 Å². The molecule has 0 radical (unpaired) electrons. The lowest BCUT2D eigenvalue weighted by molar-refractivity contribution is 0.488. The molecule has 1 rings (SSSR count). The summed E-state index contributed by atoms with van der Waals surface area (Å²) in [6.07, 6.45) is 2.98. The van der Waals surface area contributed by atoms with Crippen LogP contribution in [0.25, 0.3) is 0 Å². The van der Waals surface area contributed by atoms with Gasteiger partial charge in [-0.25, -0.2) is 13.1 Å². The fraction of sp³-hybridized carbons (Fsp3) is 0.600. The molecule has 0 fully saturated rings. The molecule has 4 nitrogen and oxygen atoms in total. The molecular formula is C15H25BrN2O2S. The topological polar surface area (TPSA) is 72.2 Å². The van der Waals surface area contributed by atoms with Gasteiger partial charge >= 0.3 is 0 Å². The van der Waals surface area contributed by atoms with Gasteiger partial charge < -0.3 is 5.73 Å². The van der Waals surface area contributed by atoms with Gasteiger partial charge in [0, 0.05) is 17.1 Å². The fourth-order valence-electron chi connectivity index (χ4n) is 2.11. The Kier molecular flexibility index (Phi) is 7.33. The Morgan fingerprint density at radius 3 is 2.43 bits per heavy atom. The lowest BCUT2D eigenvalue weighted by atomic mass is 10.0. The quantitative estimate of drug-likeness (QED) is 0.729. The smallest absolute Gasteiger partial charge is 0.241 e. The number of hydrogen-bond acceptors (Lipinski definition) is 3. The third-order valence-corrected chi connectivity index (χ3v) is 5.86. The van der Waals surface area contributed by atoms with Gasteiger partial charge in [0.05, 0.1) is 4.90 Å². The van der Waals surface area contributed by atoms with Crippen LogP contribution < -0.4 is 10.5 Å². The van der Waals surface area contributed by atoms with E-state index in [4.69, 9.17) is 5.73 Å². The predicted octanol–water partition coefficient (Wildman–Crippen LogP) is 3.40. The highest BCUT2D eigenvalue weighted by atomic mass is 79.9. The molecule has 0 amide bonds. The van der Waals surface area contributed by atoms with E-state index in [0.29, 0.717) is 16.9 Å². The van der Waals surface area contributed by atoms with Crippen molar-refractivity contribution in [1.29, 1.82) is 0 Å². The van der Waals surface area contributed by atoms with Crippen LogP contribution in [0.2, 0.25) is 0 Å². The molecule has 1 aromatic rings. The number of rotatable bonds is 8.